The summed E-state index contributed by atoms with van der Waals surface area (Å²) in [6.45, 7) is 6.75. The molecule has 4 atom stereocenters. The molecule has 65 heavy (non-hydrogen) atoms. The Balaban J connectivity index is 1.02. The van der Waals surface area contributed by atoms with Crippen molar-refractivity contribution in [2.24, 2.45) is 12.5 Å². The van der Waals surface area contributed by atoms with Gasteiger partial charge in [-0.3, -0.25) is 9.78 Å². The number of aryl methyl sites for hydroxylation is 1. The van der Waals surface area contributed by atoms with Crippen molar-refractivity contribution in [1.82, 2.24) is 14.9 Å². The lowest BCUT2D eigenvalue weighted by atomic mass is 9.77. The van der Waals surface area contributed by atoms with Gasteiger partial charge in [0.2, 0.25) is 11.6 Å². The van der Waals surface area contributed by atoms with E-state index in [1.807, 2.05) is 12.4 Å². The Morgan fingerprint density at radius 2 is 1.54 bits per heavy atom. The monoisotopic (exact) mass is 863 g/mol. The first-order valence-corrected chi connectivity index (χ1v) is 23.7. The molecule has 1 aliphatic carbocycles. The van der Waals surface area contributed by atoms with Crippen LogP contribution in [0, 0.1) is 5.41 Å². The number of amides is 1. The molecular weight excluding hydrogens is 799 g/mol. The largest absolute Gasteiger partial charge is 0.364 e. The molecule has 7 heteroatoms. The smallest absolute Gasteiger partial charge is 0.227 e. The Hall–Kier alpha value is -6.31. The third kappa shape index (κ3) is 8.55. The van der Waals surface area contributed by atoms with Gasteiger partial charge in [0.05, 0.1) is 6.04 Å². The van der Waals surface area contributed by atoms with Crippen molar-refractivity contribution in [2.45, 2.75) is 90.0 Å². The van der Waals surface area contributed by atoms with Gasteiger partial charge in [0.25, 0.3) is 0 Å². The van der Waals surface area contributed by atoms with Crippen LogP contribution in [0.25, 0.3) is 44.2 Å². The zero-order valence-corrected chi connectivity index (χ0v) is 39.1. The summed E-state index contributed by atoms with van der Waals surface area (Å²) in [6, 6.07) is 35.8. The van der Waals surface area contributed by atoms with Crippen molar-refractivity contribution < 1.29 is 14.1 Å². The summed E-state index contributed by atoms with van der Waals surface area (Å²) in [6.07, 6.45) is 25.6. The molecule has 1 N–H and O–H groups in total. The Morgan fingerprint density at radius 3 is 2.28 bits per heavy atom. The minimum atomic E-state index is -0.453. The maximum atomic E-state index is 13.2. The van der Waals surface area contributed by atoms with Crippen LogP contribution in [-0.4, -0.2) is 36.3 Å². The summed E-state index contributed by atoms with van der Waals surface area (Å²) in [4.78, 5) is 20.0. The summed E-state index contributed by atoms with van der Waals surface area (Å²) < 4.78 is 9.88. The Labute approximate surface area is 384 Å². The molecular formula is C58H64N5O2+. The van der Waals surface area contributed by atoms with Crippen LogP contribution < -0.4 is 20.1 Å². The van der Waals surface area contributed by atoms with Crippen molar-refractivity contribution in [3.8, 4) is 0 Å². The standard InChI is InChI=1S/C58H63N5O2/c1-7-40(21-22-41(42-30-35-59-36-31-42)29-34-58(3,8-2)57(64)60-39-65-6)43-32-37-63(38-33-43)56-46(25-27-50-48-17-9-13-44-15-11-19-52(54(44)48)61(50)4)23-24-47(56)26-28-51-49-18-10-14-45-16-12-20-53(55(45)49)62(51)5/h9-20,25-28,30-33,35-38,40-41,50H,7-8,21-24,29,34,39H2,1-6H3/p+1/b27-25+,47-26+,51-28+. The summed E-state index contributed by atoms with van der Waals surface area (Å²) >= 11 is 0. The highest BCUT2D eigenvalue weighted by Gasteiger charge is 2.33. The zero-order valence-electron chi connectivity index (χ0n) is 39.1. The normalized spacial score (nSPS) is 17.9. The number of hydrogen-bond acceptors (Lipinski definition) is 4. The molecule has 0 fully saturated rings. The molecule has 4 heterocycles. The van der Waals surface area contributed by atoms with E-state index in [1.54, 1.807) is 7.11 Å². The SMILES string of the molecule is CCC(CCC(CCC(C)(CC)C(=O)NCOC)c1ccncc1)c1cc[n+](C2=C(/C=C/C3c4cccc5cccc(c45)N3C)CC/C2=C\C=c2/c3cccc4cccc(c43)n2C)cc1. The molecule has 7 aromatic rings. The maximum Gasteiger partial charge on any atom is 0.227 e. The van der Waals surface area contributed by atoms with Gasteiger partial charge < -0.3 is 19.5 Å². The Bertz CT molecular complexity index is 2970. The van der Waals surface area contributed by atoms with Crippen molar-refractivity contribution in [2.75, 3.05) is 25.8 Å². The minimum absolute atomic E-state index is 0.0631. The molecule has 9 rings (SSSR count). The van der Waals surface area contributed by atoms with Crippen LogP contribution in [0.3, 0.4) is 0 Å². The number of methoxy groups -OCH3 is 1. The number of rotatable bonds is 17. The molecule has 0 radical (unpaired) electrons. The second-order valence-corrected chi connectivity index (χ2v) is 18.6. The number of aromatic nitrogens is 3. The highest BCUT2D eigenvalue weighted by atomic mass is 16.5. The van der Waals surface area contributed by atoms with E-state index in [0.29, 0.717) is 11.8 Å². The predicted molar refractivity (Wildman–Crippen MR) is 268 cm³/mol. The number of nitrogens with zero attached hydrogens (tertiary/aromatic N) is 4. The van der Waals surface area contributed by atoms with Gasteiger partial charge in [0.1, 0.15) is 6.73 Å². The van der Waals surface area contributed by atoms with Gasteiger partial charge in [-0.05, 0) is 121 Å². The number of pyridine rings is 2. The lowest BCUT2D eigenvalue weighted by Crippen LogP contribution is -2.39. The highest BCUT2D eigenvalue weighted by molar-refractivity contribution is 6.10. The number of hydrogen-bond donors (Lipinski definition) is 1. The number of ether oxygens (including phenoxy) is 1. The van der Waals surface area contributed by atoms with Gasteiger partial charge in [-0.15, -0.1) is 0 Å². The van der Waals surface area contributed by atoms with E-state index < -0.39 is 5.41 Å². The van der Waals surface area contributed by atoms with Crippen molar-refractivity contribution >= 4 is 55.8 Å². The molecule has 332 valence electrons. The molecule has 0 spiro atoms. The van der Waals surface area contributed by atoms with Gasteiger partial charge in [-0.2, -0.15) is 4.57 Å². The highest BCUT2D eigenvalue weighted by Crippen LogP contribution is 2.45. The van der Waals surface area contributed by atoms with Gasteiger partial charge in [0, 0.05) is 95.0 Å². The second kappa shape index (κ2) is 19.0. The molecule has 4 unspecified atom stereocenters. The quantitative estimate of drug-likeness (QED) is 0.0732. The number of carbonyl (C=O) groups is 1. The predicted octanol–water partition coefficient (Wildman–Crippen LogP) is 12.0. The van der Waals surface area contributed by atoms with Gasteiger partial charge in [-0.1, -0.05) is 99.7 Å². The van der Waals surface area contributed by atoms with Crippen LogP contribution in [0.1, 0.15) is 107 Å². The summed E-state index contributed by atoms with van der Waals surface area (Å²) in [7, 11) is 6.03. The molecule has 3 aromatic heterocycles. The van der Waals surface area contributed by atoms with E-state index in [9.17, 15) is 4.79 Å². The van der Waals surface area contributed by atoms with Gasteiger partial charge in [0.15, 0.2) is 12.4 Å². The number of nitrogens with one attached hydrogen (secondary N) is 1. The third-order valence-electron chi connectivity index (χ3n) is 15.0. The lowest BCUT2D eigenvalue weighted by molar-refractivity contribution is -0.579. The molecule has 4 aromatic carbocycles. The van der Waals surface area contributed by atoms with E-state index >= 15 is 0 Å². The fraction of sp³-hybridized carbons (Fsp3) is 0.328. The molecule has 2 aliphatic rings. The number of carbonyl (C=O) groups excluding carboxylic acids is 1. The van der Waals surface area contributed by atoms with Gasteiger partial charge in [-0.25, -0.2) is 0 Å². The average Bonchev–Trinajstić information content (AvgIpc) is 3.97. The second-order valence-electron chi connectivity index (χ2n) is 18.6. The van der Waals surface area contributed by atoms with Crippen molar-refractivity contribution in [3.05, 3.63) is 173 Å². The minimum Gasteiger partial charge on any atom is -0.364 e. The van der Waals surface area contributed by atoms with E-state index in [4.69, 9.17) is 4.74 Å². The molecule has 7 nitrogen and oxygen atoms in total. The molecule has 0 bridgehead atoms. The third-order valence-corrected chi connectivity index (χ3v) is 15.0. The molecule has 0 saturated heterocycles. The van der Waals surface area contributed by atoms with Crippen LogP contribution >= 0.6 is 0 Å². The Morgan fingerprint density at radius 1 is 0.846 bits per heavy atom. The number of benzene rings is 4. The van der Waals surface area contributed by atoms with Crippen molar-refractivity contribution in [1.29, 1.82) is 0 Å². The van der Waals surface area contributed by atoms with E-state index in [0.717, 1.165) is 51.4 Å². The summed E-state index contributed by atoms with van der Waals surface area (Å²) in [5.74, 6) is 0.810. The lowest BCUT2D eigenvalue weighted by Gasteiger charge is -2.29. The number of anilines is 1. The van der Waals surface area contributed by atoms with Crippen LogP contribution in [0.5, 0.6) is 0 Å². The zero-order chi connectivity index (χ0) is 45.1. The fourth-order valence-corrected chi connectivity index (χ4v) is 10.8. The average molecular weight is 863 g/mol. The van der Waals surface area contributed by atoms with E-state index in [-0.39, 0.29) is 18.7 Å². The van der Waals surface area contributed by atoms with E-state index in [2.05, 4.69) is 193 Å². The fourth-order valence-electron chi connectivity index (χ4n) is 10.8. The number of likely N-dealkylation sites (N-methyl/N-ethyl adjacent to an activating group) is 1. The molecule has 1 aliphatic heterocycles. The number of allylic oxidation sites excluding steroid dienone is 5. The van der Waals surface area contributed by atoms with Crippen LogP contribution in [0.2, 0.25) is 0 Å². The summed E-state index contributed by atoms with van der Waals surface area (Å²) in [5.41, 5.74) is 10.1. The first-order chi connectivity index (χ1) is 31.7. The Kier molecular flexibility index (Phi) is 12.9. The van der Waals surface area contributed by atoms with Gasteiger partial charge >= 0.3 is 0 Å². The first-order valence-electron chi connectivity index (χ1n) is 23.7. The van der Waals surface area contributed by atoms with Crippen molar-refractivity contribution in [3.63, 3.8) is 0 Å². The van der Waals surface area contributed by atoms with E-state index in [1.165, 1.54) is 77.0 Å². The maximum absolute atomic E-state index is 13.2. The van der Waals surface area contributed by atoms with Crippen LogP contribution in [-0.2, 0) is 16.6 Å². The molecule has 1 amide bonds. The van der Waals surface area contributed by atoms with Crippen LogP contribution in [0.4, 0.5) is 5.69 Å². The van der Waals surface area contributed by atoms with Crippen LogP contribution in [0.15, 0.2) is 151 Å². The molecule has 0 saturated carbocycles. The topological polar surface area (TPSA) is 63.3 Å². The first kappa shape index (κ1) is 43.9. The summed E-state index contributed by atoms with van der Waals surface area (Å²) in [5, 5.41) is 10.8.